The molecule has 2 aromatic rings. The van der Waals surface area contributed by atoms with Crippen LogP contribution in [-0.4, -0.2) is 14.6 Å². The molecule has 0 unspecified atom stereocenters. The lowest BCUT2D eigenvalue weighted by molar-refractivity contribution is 0.694. The van der Waals surface area contributed by atoms with Crippen LogP contribution in [0, 0.1) is 0 Å². The Hall–Kier alpha value is -1.58. The number of rotatable bonds is 4. The second kappa shape index (κ2) is 4.29. The van der Waals surface area contributed by atoms with E-state index in [9.17, 15) is 0 Å². The van der Waals surface area contributed by atoms with Gasteiger partial charge >= 0.3 is 0 Å². The number of unbranched alkanes of at least 4 members (excludes halogenated alkanes) is 2. The standard InChI is InChI=1S/C11H16N4/c1-2-3-4-5-9-6-7-11-13-10(12)8-15(11)14-9/h6-8H,2-5,12H2,1H3. The molecule has 2 N–H and O–H groups in total. The number of imidazole rings is 1. The first-order valence-electron chi connectivity index (χ1n) is 5.40. The molecule has 4 nitrogen and oxygen atoms in total. The molecule has 0 aliphatic heterocycles. The SMILES string of the molecule is CCCCCc1ccc2nc(N)cn2n1. The fourth-order valence-corrected chi connectivity index (χ4v) is 1.63. The summed E-state index contributed by atoms with van der Waals surface area (Å²) in [7, 11) is 0. The van der Waals surface area contributed by atoms with Crippen molar-refractivity contribution in [1.82, 2.24) is 14.6 Å². The van der Waals surface area contributed by atoms with E-state index >= 15 is 0 Å². The van der Waals surface area contributed by atoms with Gasteiger partial charge in [0.1, 0.15) is 5.82 Å². The highest BCUT2D eigenvalue weighted by Crippen LogP contribution is 2.08. The van der Waals surface area contributed by atoms with Crippen molar-refractivity contribution in [3.05, 3.63) is 24.0 Å². The molecule has 80 valence electrons. The third kappa shape index (κ3) is 2.26. The van der Waals surface area contributed by atoms with Gasteiger partial charge in [-0.25, -0.2) is 9.50 Å². The van der Waals surface area contributed by atoms with E-state index in [1.54, 1.807) is 10.7 Å². The van der Waals surface area contributed by atoms with Gasteiger partial charge in [0.05, 0.1) is 11.9 Å². The average Bonchev–Trinajstić information content (AvgIpc) is 2.57. The quantitative estimate of drug-likeness (QED) is 0.775. The Morgan fingerprint density at radius 3 is 3.00 bits per heavy atom. The predicted molar refractivity (Wildman–Crippen MR) is 60.6 cm³/mol. The van der Waals surface area contributed by atoms with Crippen LogP contribution in [0.1, 0.15) is 31.9 Å². The van der Waals surface area contributed by atoms with Crippen LogP contribution in [0.15, 0.2) is 18.3 Å². The Kier molecular flexibility index (Phi) is 2.85. The summed E-state index contributed by atoms with van der Waals surface area (Å²) in [6, 6.07) is 3.99. The Balaban J connectivity index is 2.15. The number of fused-ring (bicyclic) bond motifs is 1. The van der Waals surface area contributed by atoms with Crippen molar-refractivity contribution >= 4 is 11.5 Å². The molecule has 0 aromatic carbocycles. The third-order valence-electron chi connectivity index (χ3n) is 2.43. The molecule has 15 heavy (non-hydrogen) atoms. The number of anilines is 1. The lowest BCUT2D eigenvalue weighted by atomic mass is 10.1. The van der Waals surface area contributed by atoms with Gasteiger partial charge in [0.15, 0.2) is 5.65 Å². The van der Waals surface area contributed by atoms with Crippen LogP contribution in [0.2, 0.25) is 0 Å². The first-order valence-corrected chi connectivity index (χ1v) is 5.40. The van der Waals surface area contributed by atoms with Gasteiger partial charge in [-0.2, -0.15) is 5.10 Å². The summed E-state index contributed by atoms with van der Waals surface area (Å²) >= 11 is 0. The Labute approximate surface area is 89.1 Å². The van der Waals surface area contributed by atoms with Crippen LogP contribution >= 0.6 is 0 Å². The molecular weight excluding hydrogens is 188 g/mol. The van der Waals surface area contributed by atoms with E-state index in [1.807, 2.05) is 12.1 Å². The number of aromatic nitrogens is 3. The lowest BCUT2D eigenvalue weighted by Crippen LogP contribution is -1.97. The summed E-state index contributed by atoms with van der Waals surface area (Å²) in [6.07, 6.45) is 6.46. The predicted octanol–water partition coefficient (Wildman–Crippen LogP) is 2.04. The molecule has 0 aliphatic rings. The van der Waals surface area contributed by atoms with E-state index in [4.69, 9.17) is 5.73 Å². The minimum absolute atomic E-state index is 0.521. The summed E-state index contributed by atoms with van der Waals surface area (Å²) in [5.41, 5.74) is 7.51. The lowest BCUT2D eigenvalue weighted by Gasteiger charge is -1.99. The van der Waals surface area contributed by atoms with Crippen molar-refractivity contribution in [3.8, 4) is 0 Å². The van der Waals surface area contributed by atoms with Gasteiger partial charge in [0.2, 0.25) is 0 Å². The van der Waals surface area contributed by atoms with Crippen LogP contribution in [0.3, 0.4) is 0 Å². The Morgan fingerprint density at radius 1 is 1.33 bits per heavy atom. The maximum atomic E-state index is 5.59. The van der Waals surface area contributed by atoms with Crippen LogP contribution in [-0.2, 0) is 6.42 Å². The normalized spacial score (nSPS) is 11.0. The van der Waals surface area contributed by atoms with Gasteiger partial charge in [-0.1, -0.05) is 19.8 Å². The zero-order chi connectivity index (χ0) is 10.7. The number of nitrogen functional groups attached to an aromatic ring is 1. The monoisotopic (exact) mass is 204 g/mol. The zero-order valence-electron chi connectivity index (χ0n) is 8.98. The maximum absolute atomic E-state index is 5.59. The Bertz CT molecular complexity index is 447. The highest BCUT2D eigenvalue weighted by molar-refractivity contribution is 5.45. The number of hydrogen-bond acceptors (Lipinski definition) is 3. The fraction of sp³-hybridized carbons (Fsp3) is 0.455. The van der Waals surface area contributed by atoms with Gasteiger partial charge in [-0.15, -0.1) is 0 Å². The molecule has 0 radical (unpaired) electrons. The van der Waals surface area contributed by atoms with Gasteiger partial charge in [0.25, 0.3) is 0 Å². The molecule has 4 heteroatoms. The summed E-state index contributed by atoms with van der Waals surface area (Å²) in [5.74, 6) is 0.521. The number of aryl methyl sites for hydroxylation is 1. The van der Waals surface area contributed by atoms with Gasteiger partial charge in [-0.05, 0) is 25.0 Å². The first kappa shape index (κ1) is 9.96. The second-order valence-electron chi connectivity index (χ2n) is 3.75. The minimum atomic E-state index is 0.521. The Morgan fingerprint density at radius 2 is 2.20 bits per heavy atom. The fourth-order valence-electron chi connectivity index (χ4n) is 1.63. The minimum Gasteiger partial charge on any atom is -0.382 e. The number of nitrogens with two attached hydrogens (primary N) is 1. The second-order valence-corrected chi connectivity index (χ2v) is 3.75. The summed E-state index contributed by atoms with van der Waals surface area (Å²) in [5, 5.41) is 4.44. The van der Waals surface area contributed by atoms with Crippen molar-refractivity contribution in [3.63, 3.8) is 0 Å². The molecule has 0 saturated carbocycles. The molecule has 2 heterocycles. The summed E-state index contributed by atoms with van der Waals surface area (Å²) in [4.78, 5) is 4.13. The number of hydrogen-bond donors (Lipinski definition) is 1. The van der Waals surface area contributed by atoms with Gasteiger partial charge < -0.3 is 5.73 Å². The van der Waals surface area contributed by atoms with E-state index in [0.717, 1.165) is 17.8 Å². The average molecular weight is 204 g/mol. The first-order chi connectivity index (χ1) is 7.29. The molecular formula is C11H16N4. The van der Waals surface area contributed by atoms with Crippen molar-refractivity contribution in [1.29, 1.82) is 0 Å². The van der Waals surface area contributed by atoms with Crippen LogP contribution in [0.4, 0.5) is 5.82 Å². The van der Waals surface area contributed by atoms with Crippen LogP contribution < -0.4 is 5.73 Å². The van der Waals surface area contributed by atoms with Crippen molar-refractivity contribution in [2.75, 3.05) is 5.73 Å². The van der Waals surface area contributed by atoms with E-state index in [2.05, 4.69) is 17.0 Å². The van der Waals surface area contributed by atoms with E-state index < -0.39 is 0 Å². The molecule has 0 amide bonds. The largest absolute Gasteiger partial charge is 0.382 e. The molecule has 2 rings (SSSR count). The molecule has 0 saturated heterocycles. The van der Waals surface area contributed by atoms with Crippen molar-refractivity contribution < 1.29 is 0 Å². The van der Waals surface area contributed by atoms with Crippen LogP contribution in [0.25, 0.3) is 5.65 Å². The molecule has 0 aliphatic carbocycles. The molecule has 0 atom stereocenters. The van der Waals surface area contributed by atoms with Gasteiger partial charge in [-0.3, -0.25) is 0 Å². The van der Waals surface area contributed by atoms with E-state index in [1.165, 1.54) is 19.3 Å². The molecule has 2 aromatic heterocycles. The van der Waals surface area contributed by atoms with E-state index in [-0.39, 0.29) is 0 Å². The van der Waals surface area contributed by atoms with Crippen molar-refractivity contribution in [2.45, 2.75) is 32.6 Å². The summed E-state index contributed by atoms with van der Waals surface area (Å²) in [6.45, 7) is 2.20. The van der Waals surface area contributed by atoms with Gasteiger partial charge in [0, 0.05) is 0 Å². The zero-order valence-corrected chi connectivity index (χ0v) is 8.98. The smallest absolute Gasteiger partial charge is 0.155 e. The topological polar surface area (TPSA) is 56.2 Å². The van der Waals surface area contributed by atoms with Crippen molar-refractivity contribution in [2.24, 2.45) is 0 Å². The maximum Gasteiger partial charge on any atom is 0.155 e. The molecule has 0 fully saturated rings. The molecule has 0 spiro atoms. The third-order valence-corrected chi connectivity index (χ3v) is 2.43. The van der Waals surface area contributed by atoms with Crippen LogP contribution in [0.5, 0.6) is 0 Å². The highest BCUT2D eigenvalue weighted by atomic mass is 15.3. The summed E-state index contributed by atoms with van der Waals surface area (Å²) < 4.78 is 1.75. The molecule has 0 bridgehead atoms. The highest BCUT2D eigenvalue weighted by Gasteiger charge is 2.00. The number of nitrogens with zero attached hydrogens (tertiary/aromatic N) is 3. The van der Waals surface area contributed by atoms with E-state index in [0.29, 0.717) is 5.82 Å².